The lowest BCUT2D eigenvalue weighted by Gasteiger charge is -2.27. The van der Waals surface area contributed by atoms with Crippen molar-refractivity contribution < 1.29 is 4.74 Å². The highest BCUT2D eigenvalue weighted by Gasteiger charge is 2.24. The number of anilines is 2. The molecule has 7 heteroatoms. The van der Waals surface area contributed by atoms with Crippen LogP contribution in [0, 0.1) is 0 Å². The second kappa shape index (κ2) is 8.03. The van der Waals surface area contributed by atoms with Gasteiger partial charge in [0, 0.05) is 49.7 Å². The van der Waals surface area contributed by atoms with E-state index in [4.69, 9.17) is 9.72 Å². The fourth-order valence-corrected chi connectivity index (χ4v) is 5.00. The number of rotatable bonds is 5. The van der Waals surface area contributed by atoms with Crippen LogP contribution < -0.4 is 10.2 Å². The van der Waals surface area contributed by atoms with Gasteiger partial charge in [0.25, 0.3) is 0 Å². The number of ether oxygens (including phenoxy) is 1. The average molecular weight is 396 g/mol. The molecule has 3 aromatic rings. The summed E-state index contributed by atoms with van der Waals surface area (Å²) in [7, 11) is 0. The third kappa shape index (κ3) is 3.83. The van der Waals surface area contributed by atoms with E-state index in [1.165, 1.54) is 15.6 Å². The second-order valence-electron chi connectivity index (χ2n) is 7.46. The molecule has 1 aromatic carbocycles. The molecule has 5 rings (SSSR count). The van der Waals surface area contributed by atoms with Crippen molar-refractivity contribution in [2.75, 3.05) is 49.6 Å². The highest BCUT2D eigenvalue weighted by atomic mass is 32.1. The normalized spacial score (nSPS) is 20.7. The Bertz CT molecular complexity index is 939. The third-order valence-electron chi connectivity index (χ3n) is 5.52. The Labute approximate surface area is 169 Å². The SMILES string of the molecule is c1ccc2c(CN3CCC(Nc4ccnc(N5CCOCC5)n4)C3)csc2c1. The first-order valence-corrected chi connectivity index (χ1v) is 10.8. The van der Waals surface area contributed by atoms with E-state index in [2.05, 4.69) is 49.7 Å². The van der Waals surface area contributed by atoms with Gasteiger partial charge >= 0.3 is 0 Å². The summed E-state index contributed by atoms with van der Waals surface area (Å²) in [5.41, 5.74) is 1.44. The summed E-state index contributed by atoms with van der Waals surface area (Å²) in [6.07, 6.45) is 2.99. The van der Waals surface area contributed by atoms with E-state index in [9.17, 15) is 0 Å². The Morgan fingerprint density at radius 1 is 1.14 bits per heavy atom. The molecule has 2 aromatic heterocycles. The number of hydrogen-bond acceptors (Lipinski definition) is 7. The molecule has 146 valence electrons. The van der Waals surface area contributed by atoms with E-state index >= 15 is 0 Å². The van der Waals surface area contributed by atoms with Gasteiger partial charge in [-0.05, 0) is 34.9 Å². The molecule has 2 aliphatic heterocycles. The van der Waals surface area contributed by atoms with Crippen LogP contribution in [0.4, 0.5) is 11.8 Å². The van der Waals surface area contributed by atoms with Crippen LogP contribution in [0.1, 0.15) is 12.0 Å². The van der Waals surface area contributed by atoms with Crippen LogP contribution in [0.2, 0.25) is 0 Å². The smallest absolute Gasteiger partial charge is 0.227 e. The van der Waals surface area contributed by atoms with Crippen LogP contribution in [-0.2, 0) is 11.3 Å². The summed E-state index contributed by atoms with van der Waals surface area (Å²) in [5.74, 6) is 1.72. The third-order valence-corrected chi connectivity index (χ3v) is 6.53. The van der Waals surface area contributed by atoms with Crippen molar-refractivity contribution in [3.8, 4) is 0 Å². The maximum atomic E-state index is 5.42. The first-order chi connectivity index (χ1) is 13.8. The lowest BCUT2D eigenvalue weighted by molar-refractivity contribution is 0.122. The molecule has 0 amide bonds. The quantitative estimate of drug-likeness (QED) is 0.716. The Kier molecular flexibility index (Phi) is 5.12. The first kappa shape index (κ1) is 17.8. The monoisotopic (exact) mass is 395 g/mol. The number of morpholine rings is 1. The van der Waals surface area contributed by atoms with Gasteiger partial charge in [0.05, 0.1) is 13.2 Å². The average Bonchev–Trinajstić information content (AvgIpc) is 3.36. The summed E-state index contributed by atoms with van der Waals surface area (Å²) < 4.78 is 6.80. The number of hydrogen-bond donors (Lipinski definition) is 1. The lowest BCUT2D eigenvalue weighted by Crippen LogP contribution is -2.37. The summed E-state index contributed by atoms with van der Waals surface area (Å²) in [4.78, 5) is 13.9. The summed E-state index contributed by atoms with van der Waals surface area (Å²) in [6, 6.07) is 11.1. The topological polar surface area (TPSA) is 53.5 Å². The van der Waals surface area contributed by atoms with Crippen molar-refractivity contribution in [3.63, 3.8) is 0 Å². The molecule has 0 bridgehead atoms. The minimum Gasteiger partial charge on any atom is -0.378 e. The van der Waals surface area contributed by atoms with E-state index in [-0.39, 0.29) is 0 Å². The zero-order valence-corrected chi connectivity index (χ0v) is 16.7. The molecule has 28 heavy (non-hydrogen) atoms. The number of likely N-dealkylation sites (tertiary alicyclic amines) is 1. The Morgan fingerprint density at radius 2 is 2.04 bits per heavy atom. The van der Waals surface area contributed by atoms with Crippen molar-refractivity contribution in [3.05, 3.63) is 47.5 Å². The molecule has 4 heterocycles. The molecule has 6 nitrogen and oxygen atoms in total. The molecule has 0 spiro atoms. The highest BCUT2D eigenvalue weighted by molar-refractivity contribution is 7.17. The summed E-state index contributed by atoms with van der Waals surface area (Å²) in [5, 5.41) is 7.33. The number of nitrogens with zero attached hydrogens (tertiary/aromatic N) is 4. The number of fused-ring (bicyclic) bond motifs is 1. The minimum atomic E-state index is 0.428. The van der Waals surface area contributed by atoms with Gasteiger partial charge in [0.2, 0.25) is 5.95 Å². The van der Waals surface area contributed by atoms with Crippen LogP contribution in [0.15, 0.2) is 41.9 Å². The Morgan fingerprint density at radius 3 is 2.96 bits per heavy atom. The molecule has 2 fully saturated rings. The minimum absolute atomic E-state index is 0.428. The fourth-order valence-electron chi connectivity index (χ4n) is 4.04. The Balaban J connectivity index is 1.21. The molecular formula is C21H25N5OS. The van der Waals surface area contributed by atoms with Gasteiger partial charge in [-0.25, -0.2) is 4.98 Å². The number of thiophene rings is 1. The second-order valence-corrected chi connectivity index (χ2v) is 8.37. The summed E-state index contributed by atoms with van der Waals surface area (Å²) >= 11 is 1.84. The largest absolute Gasteiger partial charge is 0.378 e. The zero-order chi connectivity index (χ0) is 18.8. The van der Waals surface area contributed by atoms with Crippen molar-refractivity contribution in [2.45, 2.75) is 19.0 Å². The van der Waals surface area contributed by atoms with E-state index in [1.807, 2.05) is 23.6 Å². The summed E-state index contributed by atoms with van der Waals surface area (Å²) in [6.45, 7) is 6.38. The van der Waals surface area contributed by atoms with E-state index in [0.717, 1.165) is 64.1 Å². The first-order valence-electron chi connectivity index (χ1n) is 9.95. The molecule has 2 saturated heterocycles. The van der Waals surface area contributed by atoms with Gasteiger partial charge in [0.15, 0.2) is 0 Å². The fraction of sp³-hybridized carbons (Fsp3) is 0.429. The maximum absolute atomic E-state index is 5.42. The van der Waals surface area contributed by atoms with Gasteiger partial charge in [-0.15, -0.1) is 11.3 Å². The van der Waals surface area contributed by atoms with E-state index < -0.39 is 0 Å². The number of aromatic nitrogens is 2. The van der Waals surface area contributed by atoms with Crippen LogP contribution in [0.5, 0.6) is 0 Å². The van der Waals surface area contributed by atoms with E-state index in [1.54, 1.807) is 0 Å². The maximum Gasteiger partial charge on any atom is 0.227 e. The zero-order valence-electron chi connectivity index (χ0n) is 15.9. The predicted octanol–water partition coefficient (Wildman–Crippen LogP) is 3.21. The van der Waals surface area contributed by atoms with Crippen molar-refractivity contribution in [1.82, 2.24) is 14.9 Å². The van der Waals surface area contributed by atoms with Crippen LogP contribution in [-0.4, -0.2) is 60.3 Å². The van der Waals surface area contributed by atoms with Gasteiger partial charge in [-0.3, -0.25) is 4.90 Å². The molecular weight excluding hydrogens is 370 g/mol. The van der Waals surface area contributed by atoms with Gasteiger partial charge in [0.1, 0.15) is 5.82 Å². The molecule has 2 aliphatic rings. The molecule has 0 saturated carbocycles. The van der Waals surface area contributed by atoms with Crippen LogP contribution >= 0.6 is 11.3 Å². The van der Waals surface area contributed by atoms with Crippen LogP contribution in [0.25, 0.3) is 10.1 Å². The standard InChI is InChI=1S/C21H25N5OS/c1-2-4-19-18(3-1)16(15-28-19)13-25-8-6-17(14-25)23-20-5-7-22-21(24-20)26-9-11-27-12-10-26/h1-5,7,15,17H,6,8-14H2,(H,22,23,24). The Hall–Kier alpha value is -2.22. The van der Waals surface area contributed by atoms with Gasteiger partial charge in [-0.2, -0.15) is 4.98 Å². The van der Waals surface area contributed by atoms with Crippen molar-refractivity contribution >= 4 is 33.2 Å². The molecule has 0 aliphatic carbocycles. The van der Waals surface area contributed by atoms with Crippen molar-refractivity contribution in [1.29, 1.82) is 0 Å². The van der Waals surface area contributed by atoms with Gasteiger partial charge in [-0.1, -0.05) is 18.2 Å². The predicted molar refractivity (Wildman–Crippen MR) is 114 cm³/mol. The van der Waals surface area contributed by atoms with Crippen LogP contribution in [0.3, 0.4) is 0 Å². The number of benzene rings is 1. The van der Waals surface area contributed by atoms with Gasteiger partial charge < -0.3 is 15.0 Å². The molecule has 1 unspecified atom stereocenters. The molecule has 0 radical (unpaired) electrons. The number of nitrogens with one attached hydrogen (secondary N) is 1. The molecule has 1 atom stereocenters. The molecule has 1 N–H and O–H groups in total. The van der Waals surface area contributed by atoms with E-state index in [0.29, 0.717) is 6.04 Å². The highest BCUT2D eigenvalue weighted by Crippen LogP contribution is 2.28. The van der Waals surface area contributed by atoms with Crippen molar-refractivity contribution in [2.24, 2.45) is 0 Å². The lowest BCUT2D eigenvalue weighted by atomic mass is 10.2.